The molecular weight excluding hydrogens is 282 g/mol. The normalized spacial score (nSPS) is 23.7. The first-order chi connectivity index (χ1) is 10.6. The van der Waals surface area contributed by atoms with Gasteiger partial charge in [0.2, 0.25) is 11.8 Å². The van der Waals surface area contributed by atoms with Crippen LogP contribution in [0.15, 0.2) is 12.1 Å². The van der Waals surface area contributed by atoms with Crippen molar-refractivity contribution >= 4 is 23.4 Å². The summed E-state index contributed by atoms with van der Waals surface area (Å²) < 4.78 is 0. The van der Waals surface area contributed by atoms with Gasteiger partial charge in [0.15, 0.2) is 0 Å². The summed E-state index contributed by atoms with van der Waals surface area (Å²) in [4.78, 5) is 37.6. The number of carbonyl (C=O) groups is 3. The quantitative estimate of drug-likeness (QED) is 0.752. The predicted octanol–water partition coefficient (Wildman–Crippen LogP) is 0.806. The van der Waals surface area contributed by atoms with Crippen LogP contribution >= 0.6 is 0 Å². The van der Waals surface area contributed by atoms with Crippen molar-refractivity contribution in [1.29, 1.82) is 0 Å². The number of nitrogens with one attached hydrogen (secondary N) is 2. The Labute approximate surface area is 127 Å². The second-order valence-electron chi connectivity index (χ2n) is 6.06. The second kappa shape index (κ2) is 4.83. The summed E-state index contributed by atoms with van der Waals surface area (Å²) in [6.07, 6.45) is 2.80. The molecule has 1 fully saturated rings. The number of amides is 3. The van der Waals surface area contributed by atoms with Crippen molar-refractivity contribution in [2.75, 3.05) is 11.9 Å². The number of nitrogens with zero attached hydrogens (tertiary/aromatic N) is 1. The van der Waals surface area contributed by atoms with Gasteiger partial charge in [-0.2, -0.15) is 0 Å². The maximum absolute atomic E-state index is 12.6. The third-order valence-electron chi connectivity index (χ3n) is 4.73. The molecular formula is C16H17N3O3. The molecule has 0 saturated carbocycles. The molecule has 1 atom stereocenters. The van der Waals surface area contributed by atoms with Crippen molar-refractivity contribution in [3.8, 4) is 0 Å². The van der Waals surface area contributed by atoms with Gasteiger partial charge < -0.3 is 10.2 Å². The van der Waals surface area contributed by atoms with E-state index in [4.69, 9.17) is 0 Å². The molecule has 1 aromatic rings. The monoisotopic (exact) mass is 299 g/mol. The number of hydrogen-bond acceptors (Lipinski definition) is 4. The van der Waals surface area contributed by atoms with Crippen LogP contribution in [0.4, 0.5) is 5.69 Å². The van der Waals surface area contributed by atoms with Gasteiger partial charge in [-0.05, 0) is 30.9 Å². The van der Waals surface area contributed by atoms with Crippen molar-refractivity contribution in [3.05, 3.63) is 28.8 Å². The van der Waals surface area contributed by atoms with Crippen LogP contribution < -0.4 is 10.6 Å². The molecule has 0 aliphatic carbocycles. The number of rotatable bonds is 1. The lowest BCUT2D eigenvalue weighted by Gasteiger charge is -2.29. The number of fused-ring (bicyclic) bond motifs is 3. The molecule has 1 saturated heterocycles. The van der Waals surface area contributed by atoms with Crippen LogP contribution in [0.1, 0.15) is 40.7 Å². The van der Waals surface area contributed by atoms with E-state index in [0.717, 1.165) is 30.6 Å². The van der Waals surface area contributed by atoms with Crippen LogP contribution in [0.3, 0.4) is 0 Å². The minimum atomic E-state index is -0.545. The first-order valence-electron chi connectivity index (χ1n) is 7.68. The molecule has 3 amide bonds. The molecule has 0 spiro atoms. The lowest BCUT2D eigenvalue weighted by Crippen LogP contribution is -2.52. The molecule has 0 bridgehead atoms. The number of piperidine rings is 1. The molecule has 114 valence electrons. The average Bonchev–Trinajstić information content (AvgIpc) is 2.85. The predicted molar refractivity (Wildman–Crippen MR) is 79.3 cm³/mol. The van der Waals surface area contributed by atoms with Gasteiger partial charge in [0.25, 0.3) is 5.91 Å². The number of benzene rings is 1. The van der Waals surface area contributed by atoms with E-state index in [1.807, 2.05) is 12.1 Å². The second-order valence-corrected chi connectivity index (χ2v) is 6.06. The molecule has 3 aliphatic heterocycles. The molecule has 6 nitrogen and oxygen atoms in total. The molecule has 4 rings (SSSR count). The van der Waals surface area contributed by atoms with Crippen LogP contribution in [0.5, 0.6) is 0 Å². The highest BCUT2D eigenvalue weighted by atomic mass is 16.2. The smallest absolute Gasteiger partial charge is 0.255 e. The van der Waals surface area contributed by atoms with Gasteiger partial charge in [-0.25, -0.2) is 0 Å². The van der Waals surface area contributed by atoms with Gasteiger partial charge in [-0.15, -0.1) is 0 Å². The number of imide groups is 1. The third-order valence-corrected chi connectivity index (χ3v) is 4.73. The van der Waals surface area contributed by atoms with E-state index in [1.165, 1.54) is 5.56 Å². The van der Waals surface area contributed by atoms with E-state index in [-0.39, 0.29) is 24.1 Å². The zero-order chi connectivity index (χ0) is 15.3. The molecule has 1 unspecified atom stereocenters. The van der Waals surface area contributed by atoms with Crippen molar-refractivity contribution < 1.29 is 14.4 Å². The van der Waals surface area contributed by atoms with E-state index in [2.05, 4.69) is 10.6 Å². The molecule has 22 heavy (non-hydrogen) atoms. The molecule has 3 heterocycles. The SMILES string of the molecule is O=C1CCC(N2Cc3c(ccc4c3NCCC4)C2=O)C(=O)N1. The first-order valence-corrected chi connectivity index (χ1v) is 7.68. The summed E-state index contributed by atoms with van der Waals surface area (Å²) in [5, 5.41) is 5.72. The van der Waals surface area contributed by atoms with Gasteiger partial charge in [-0.1, -0.05) is 6.07 Å². The van der Waals surface area contributed by atoms with Crippen molar-refractivity contribution in [1.82, 2.24) is 10.2 Å². The van der Waals surface area contributed by atoms with E-state index >= 15 is 0 Å². The zero-order valence-corrected chi connectivity index (χ0v) is 12.1. The summed E-state index contributed by atoms with van der Waals surface area (Å²) in [7, 11) is 0. The minimum absolute atomic E-state index is 0.111. The fourth-order valence-electron chi connectivity index (χ4n) is 3.61. The summed E-state index contributed by atoms with van der Waals surface area (Å²) in [5.74, 6) is -0.733. The van der Waals surface area contributed by atoms with Gasteiger partial charge >= 0.3 is 0 Å². The minimum Gasteiger partial charge on any atom is -0.385 e. The topological polar surface area (TPSA) is 78.5 Å². The lowest BCUT2D eigenvalue weighted by atomic mass is 9.97. The average molecular weight is 299 g/mol. The third kappa shape index (κ3) is 1.90. The Morgan fingerprint density at radius 3 is 2.82 bits per heavy atom. The van der Waals surface area contributed by atoms with Gasteiger partial charge in [0.05, 0.1) is 0 Å². The Balaban J connectivity index is 1.67. The highest BCUT2D eigenvalue weighted by Crippen LogP contribution is 2.36. The molecule has 0 aromatic heterocycles. The highest BCUT2D eigenvalue weighted by Gasteiger charge is 2.40. The Morgan fingerprint density at radius 1 is 1.14 bits per heavy atom. The van der Waals surface area contributed by atoms with Crippen LogP contribution in [-0.4, -0.2) is 35.2 Å². The molecule has 1 aromatic carbocycles. The van der Waals surface area contributed by atoms with Crippen molar-refractivity contribution in [2.45, 2.75) is 38.3 Å². The fourth-order valence-corrected chi connectivity index (χ4v) is 3.61. The number of aryl methyl sites for hydroxylation is 1. The Morgan fingerprint density at radius 2 is 2.00 bits per heavy atom. The van der Waals surface area contributed by atoms with Gasteiger partial charge in [0, 0.05) is 36.3 Å². The van der Waals surface area contributed by atoms with E-state index in [1.54, 1.807) is 4.90 Å². The van der Waals surface area contributed by atoms with Crippen LogP contribution in [0.2, 0.25) is 0 Å². The van der Waals surface area contributed by atoms with Crippen molar-refractivity contribution in [2.24, 2.45) is 0 Å². The molecule has 2 N–H and O–H groups in total. The summed E-state index contributed by atoms with van der Waals surface area (Å²) in [5.41, 5.74) is 3.97. The van der Waals surface area contributed by atoms with Crippen LogP contribution in [-0.2, 0) is 22.6 Å². The Bertz CT molecular complexity index is 698. The van der Waals surface area contributed by atoms with Crippen LogP contribution in [0.25, 0.3) is 0 Å². The summed E-state index contributed by atoms with van der Waals surface area (Å²) in [6.45, 7) is 1.35. The van der Waals surface area contributed by atoms with E-state index in [9.17, 15) is 14.4 Å². The van der Waals surface area contributed by atoms with Gasteiger partial charge in [-0.3, -0.25) is 19.7 Å². The summed E-state index contributed by atoms with van der Waals surface area (Å²) >= 11 is 0. The molecule has 3 aliphatic rings. The Hall–Kier alpha value is -2.37. The van der Waals surface area contributed by atoms with Gasteiger partial charge in [0.1, 0.15) is 6.04 Å². The molecule has 6 heteroatoms. The molecule has 0 radical (unpaired) electrons. The Kier molecular flexibility index (Phi) is 2.92. The highest BCUT2D eigenvalue weighted by molar-refractivity contribution is 6.06. The number of anilines is 1. The largest absolute Gasteiger partial charge is 0.385 e. The lowest BCUT2D eigenvalue weighted by molar-refractivity contribution is -0.136. The standard InChI is InChI=1S/C16H17N3O3/c20-13-6-5-12(15(21)18-13)19-8-11-10(16(19)22)4-3-9-2-1-7-17-14(9)11/h3-4,12,17H,1-2,5-8H2,(H,18,20,21). The van der Waals surface area contributed by atoms with E-state index in [0.29, 0.717) is 18.5 Å². The number of carbonyl (C=O) groups excluding carboxylic acids is 3. The van der Waals surface area contributed by atoms with Crippen LogP contribution in [0, 0.1) is 0 Å². The van der Waals surface area contributed by atoms with E-state index < -0.39 is 6.04 Å². The summed E-state index contributed by atoms with van der Waals surface area (Å²) in [6, 6.07) is 3.33. The van der Waals surface area contributed by atoms with Crippen molar-refractivity contribution in [3.63, 3.8) is 0 Å². The fraction of sp³-hybridized carbons (Fsp3) is 0.438. The first kappa shape index (κ1) is 13.3. The zero-order valence-electron chi connectivity index (χ0n) is 12.1. The maximum Gasteiger partial charge on any atom is 0.255 e. The number of hydrogen-bond donors (Lipinski definition) is 2. The maximum atomic E-state index is 12.6.